The van der Waals surface area contributed by atoms with E-state index in [9.17, 15) is 8.42 Å². The van der Waals surface area contributed by atoms with E-state index in [1.165, 1.54) is 19.3 Å². The Morgan fingerprint density at radius 1 is 1.29 bits per heavy atom. The highest BCUT2D eigenvalue weighted by molar-refractivity contribution is 7.91. The van der Waals surface area contributed by atoms with Gasteiger partial charge in [-0.3, -0.25) is 0 Å². The summed E-state index contributed by atoms with van der Waals surface area (Å²) in [4.78, 5) is 0. The zero-order valence-electron chi connectivity index (χ0n) is 9.33. The molecular formula is C11H22O2S. The van der Waals surface area contributed by atoms with Crippen molar-refractivity contribution in [1.82, 2.24) is 0 Å². The largest absolute Gasteiger partial charge is 0.229 e. The van der Waals surface area contributed by atoms with Gasteiger partial charge in [0.2, 0.25) is 0 Å². The maximum absolute atomic E-state index is 11.2. The van der Waals surface area contributed by atoms with Gasteiger partial charge in [0.05, 0.1) is 11.5 Å². The van der Waals surface area contributed by atoms with Crippen molar-refractivity contribution < 1.29 is 8.42 Å². The quantitative estimate of drug-likeness (QED) is 0.727. The van der Waals surface area contributed by atoms with Gasteiger partial charge in [-0.05, 0) is 24.7 Å². The molecule has 0 aromatic rings. The van der Waals surface area contributed by atoms with Gasteiger partial charge < -0.3 is 0 Å². The molecule has 0 radical (unpaired) electrons. The molecule has 0 amide bonds. The van der Waals surface area contributed by atoms with E-state index < -0.39 is 9.84 Å². The van der Waals surface area contributed by atoms with Crippen LogP contribution in [0.15, 0.2) is 0 Å². The third-order valence-electron chi connectivity index (χ3n) is 3.42. The van der Waals surface area contributed by atoms with Gasteiger partial charge >= 0.3 is 0 Å². The van der Waals surface area contributed by atoms with Crippen molar-refractivity contribution >= 4 is 9.84 Å². The SMILES string of the molecule is CCCCC(C)C1CCS(=O)(=O)CC1. The molecule has 0 aliphatic carbocycles. The number of rotatable bonds is 4. The smallest absolute Gasteiger partial charge is 0.150 e. The lowest BCUT2D eigenvalue weighted by molar-refractivity contribution is 0.305. The molecule has 3 heteroatoms. The van der Waals surface area contributed by atoms with Crippen LogP contribution in [0.25, 0.3) is 0 Å². The number of hydrogen-bond donors (Lipinski definition) is 0. The average Bonchev–Trinajstić information content (AvgIpc) is 2.14. The van der Waals surface area contributed by atoms with Crippen molar-refractivity contribution in [2.24, 2.45) is 11.8 Å². The van der Waals surface area contributed by atoms with E-state index >= 15 is 0 Å². The molecule has 0 spiro atoms. The van der Waals surface area contributed by atoms with Gasteiger partial charge in [-0.15, -0.1) is 0 Å². The summed E-state index contributed by atoms with van der Waals surface area (Å²) in [7, 11) is -2.67. The van der Waals surface area contributed by atoms with E-state index in [2.05, 4.69) is 13.8 Å². The summed E-state index contributed by atoms with van der Waals surface area (Å²) in [6.45, 7) is 4.48. The summed E-state index contributed by atoms with van der Waals surface area (Å²) in [6, 6.07) is 0. The van der Waals surface area contributed by atoms with Crippen LogP contribution in [-0.2, 0) is 9.84 Å². The highest BCUT2D eigenvalue weighted by Gasteiger charge is 2.26. The fraction of sp³-hybridized carbons (Fsp3) is 1.00. The second-order valence-corrected chi connectivity index (χ2v) is 6.91. The lowest BCUT2D eigenvalue weighted by Crippen LogP contribution is -2.27. The summed E-state index contributed by atoms with van der Waals surface area (Å²) in [6.07, 6.45) is 5.58. The highest BCUT2D eigenvalue weighted by atomic mass is 32.2. The van der Waals surface area contributed by atoms with E-state index in [1.54, 1.807) is 0 Å². The topological polar surface area (TPSA) is 34.1 Å². The molecule has 1 fully saturated rings. The molecule has 1 aliphatic heterocycles. The fourth-order valence-electron chi connectivity index (χ4n) is 2.24. The second kappa shape index (κ2) is 5.15. The Kier molecular flexibility index (Phi) is 4.42. The van der Waals surface area contributed by atoms with Crippen molar-refractivity contribution in [2.45, 2.75) is 46.0 Å². The average molecular weight is 218 g/mol. The third-order valence-corrected chi connectivity index (χ3v) is 5.13. The zero-order valence-corrected chi connectivity index (χ0v) is 10.1. The molecule has 0 bridgehead atoms. The molecule has 14 heavy (non-hydrogen) atoms. The van der Waals surface area contributed by atoms with E-state index in [0.29, 0.717) is 23.3 Å². The van der Waals surface area contributed by atoms with Crippen LogP contribution in [0.5, 0.6) is 0 Å². The Morgan fingerprint density at radius 3 is 2.36 bits per heavy atom. The first-order valence-electron chi connectivity index (χ1n) is 5.75. The molecule has 1 atom stereocenters. The third kappa shape index (κ3) is 3.60. The van der Waals surface area contributed by atoms with Gasteiger partial charge in [-0.25, -0.2) is 8.42 Å². The molecule has 1 heterocycles. The lowest BCUT2D eigenvalue weighted by Gasteiger charge is -2.27. The first kappa shape index (κ1) is 12.0. The Bertz CT molecular complexity index is 242. The van der Waals surface area contributed by atoms with Crippen LogP contribution in [0.1, 0.15) is 46.0 Å². The van der Waals surface area contributed by atoms with Crippen LogP contribution in [-0.4, -0.2) is 19.9 Å². The highest BCUT2D eigenvalue weighted by Crippen LogP contribution is 2.29. The predicted octanol–water partition coefficient (Wildman–Crippen LogP) is 2.64. The van der Waals surface area contributed by atoms with Crippen LogP contribution in [0.4, 0.5) is 0 Å². The van der Waals surface area contributed by atoms with Gasteiger partial charge in [0.25, 0.3) is 0 Å². The number of unbranched alkanes of at least 4 members (excludes halogenated alkanes) is 1. The Labute approximate surface area is 88.0 Å². The van der Waals surface area contributed by atoms with Crippen LogP contribution in [0.3, 0.4) is 0 Å². The van der Waals surface area contributed by atoms with Gasteiger partial charge in [0.1, 0.15) is 9.84 Å². The van der Waals surface area contributed by atoms with E-state index in [0.717, 1.165) is 12.8 Å². The monoisotopic (exact) mass is 218 g/mol. The molecule has 1 saturated heterocycles. The number of hydrogen-bond acceptors (Lipinski definition) is 2. The van der Waals surface area contributed by atoms with Crippen LogP contribution in [0.2, 0.25) is 0 Å². The molecule has 0 N–H and O–H groups in total. The normalized spacial score (nSPS) is 24.7. The van der Waals surface area contributed by atoms with Crippen LogP contribution >= 0.6 is 0 Å². The number of sulfone groups is 1. The molecule has 0 aromatic heterocycles. The van der Waals surface area contributed by atoms with Gasteiger partial charge in [0, 0.05) is 0 Å². The molecule has 2 nitrogen and oxygen atoms in total. The first-order valence-corrected chi connectivity index (χ1v) is 7.57. The van der Waals surface area contributed by atoms with Crippen molar-refractivity contribution in [2.75, 3.05) is 11.5 Å². The predicted molar refractivity (Wildman–Crippen MR) is 60.1 cm³/mol. The minimum Gasteiger partial charge on any atom is -0.229 e. The molecule has 1 rings (SSSR count). The Morgan fingerprint density at radius 2 is 1.86 bits per heavy atom. The van der Waals surface area contributed by atoms with Crippen molar-refractivity contribution in [3.05, 3.63) is 0 Å². The molecular weight excluding hydrogens is 196 g/mol. The molecule has 0 saturated carbocycles. The van der Waals surface area contributed by atoms with Gasteiger partial charge in [-0.2, -0.15) is 0 Å². The standard InChI is InChI=1S/C11H22O2S/c1-3-4-5-10(2)11-6-8-14(12,13)9-7-11/h10-11H,3-9H2,1-2H3. The molecule has 84 valence electrons. The van der Waals surface area contributed by atoms with Crippen molar-refractivity contribution in [1.29, 1.82) is 0 Å². The van der Waals surface area contributed by atoms with E-state index in [1.807, 2.05) is 0 Å². The van der Waals surface area contributed by atoms with E-state index in [4.69, 9.17) is 0 Å². The van der Waals surface area contributed by atoms with Crippen LogP contribution < -0.4 is 0 Å². The maximum atomic E-state index is 11.2. The van der Waals surface area contributed by atoms with Gasteiger partial charge in [0.15, 0.2) is 0 Å². The maximum Gasteiger partial charge on any atom is 0.150 e. The summed E-state index contributed by atoms with van der Waals surface area (Å²) < 4.78 is 22.5. The van der Waals surface area contributed by atoms with Gasteiger partial charge in [-0.1, -0.05) is 33.1 Å². The summed E-state index contributed by atoms with van der Waals surface area (Å²) in [5, 5.41) is 0. The summed E-state index contributed by atoms with van der Waals surface area (Å²) in [5.41, 5.74) is 0. The molecule has 0 aromatic carbocycles. The minimum absolute atomic E-state index is 0.425. The van der Waals surface area contributed by atoms with E-state index in [-0.39, 0.29) is 0 Å². The van der Waals surface area contributed by atoms with Crippen molar-refractivity contribution in [3.8, 4) is 0 Å². The van der Waals surface area contributed by atoms with Crippen molar-refractivity contribution in [3.63, 3.8) is 0 Å². The summed E-state index contributed by atoms with van der Waals surface area (Å²) >= 11 is 0. The lowest BCUT2D eigenvalue weighted by atomic mass is 9.85. The molecule has 1 aliphatic rings. The van der Waals surface area contributed by atoms with Crippen LogP contribution in [0, 0.1) is 11.8 Å². The minimum atomic E-state index is -2.67. The Hall–Kier alpha value is -0.0500. The molecule has 1 unspecified atom stereocenters. The summed E-state index contributed by atoms with van der Waals surface area (Å²) in [5.74, 6) is 2.22. The first-order chi connectivity index (χ1) is 6.55. The zero-order chi connectivity index (χ0) is 10.6. The Balaban J connectivity index is 2.34. The second-order valence-electron chi connectivity index (χ2n) is 4.61. The fourth-order valence-corrected chi connectivity index (χ4v) is 3.77.